The molecule has 26 heavy (non-hydrogen) atoms. The van der Waals surface area contributed by atoms with Gasteiger partial charge in [-0.25, -0.2) is 0 Å². The van der Waals surface area contributed by atoms with Crippen molar-refractivity contribution in [3.63, 3.8) is 0 Å². The second-order valence-corrected chi connectivity index (χ2v) is 4.79. The summed E-state index contributed by atoms with van der Waals surface area (Å²) in [6.45, 7) is 0. The molecule has 118 valence electrons. The van der Waals surface area contributed by atoms with Crippen LogP contribution in [0.25, 0.3) is 11.0 Å². The molecule has 1 N–H and O–H groups in total. The monoisotopic (exact) mass is 332 g/mol. The van der Waals surface area contributed by atoms with Crippen molar-refractivity contribution in [2.24, 2.45) is 0 Å². The molecule has 0 saturated heterocycles. The van der Waals surface area contributed by atoms with E-state index in [1.807, 2.05) is 11.9 Å². The van der Waals surface area contributed by atoms with E-state index >= 15 is 0 Å². The van der Waals surface area contributed by atoms with Crippen LogP contribution in [0, 0.1) is 56.7 Å². The van der Waals surface area contributed by atoms with Crippen molar-refractivity contribution in [2.75, 3.05) is 0 Å². The van der Waals surface area contributed by atoms with Gasteiger partial charge in [0.2, 0.25) is 0 Å². The van der Waals surface area contributed by atoms with Gasteiger partial charge in [-0.1, -0.05) is 30.3 Å². The number of nitriles is 5. The van der Waals surface area contributed by atoms with Crippen molar-refractivity contribution in [2.45, 2.75) is 0 Å². The van der Waals surface area contributed by atoms with Gasteiger partial charge in [0, 0.05) is 11.1 Å². The maximum Gasteiger partial charge on any atom is 0.154 e. The van der Waals surface area contributed by atoms with Crippen LogP contribution >= 0.6 is 0 Å². The predicted octanol–water partition coefficient (Wildman–Crippen LogP) is 2.33. The Bertz CT molecular complexity index is 1110. The number of nitrogens with one attached hydrogen (secondary N) is 1. The van der Waals surface area contributed by atoms with Crippen LogP contribution in [0.1, 0.15) is 5.56 Å². The zero-order chi connectivity index (χ0) is 19.1. The number of hydrogen-bond donors (Lipinski definition) is 1. The molecule has 0 atom stereocenters. The fourth-order valence-corrected chi connectivity index (χ4v) is 2.39. The molecule has 2 rings (SSSR count). The molecule has 7 heteroatoms. The van der Waals surface area contributed by atoms with E-state index in [1.165, 1.54) is 0 Å². The first-order valence-electron chi connectivity index (χ1n) is 7.00. The lowest BCUT2D eigenvalue weighted by Gasteiger charge is -2.26. The minimum atomic E-state index is -0.403. The summed E-state index contributed by atoms with van der Waals surface area (Å²) >= 11 is 0. The summed E-state index contributed by atoms with van der Waals surface area (Å²) in [5, 5.41) is 58.6. The lowest BCUT2D eigenvalue weighted by Crippen LogP contribution is -2.26. The van der Waals surface area contributed by atoms with Crippen molar-refractivity contribution < 1.29 is 0 Å². The average Bonchev–Trinajstić information content (AvgIpc) is 2.70. The van der Waals surface area contributed by atoms with E-state index in [2.05, 4.69) is 5.32 Å². The normalized spacial score (nSPS) is 12.3. The summed E-state index contributed by atoms with van der Waals surface area (Å²) in [4.78, 5) is 0. The predicted molar refractivity (Wildman–Crippen MR) is 90.5 cm³/mol. The third-order valence-corrected chi connectivity index (χ3v) is 3.48. The van der Waals surface area contributed by atoms with Gasteiger partial charge in [0.25, 0.3) is 0 Å². The Kier molecular flexibility index (Phi) is 5.12. The minimum absolute atomic E-state index is 0.0928. The molecule has 0 radical (unpaired) electrons. The fourth-order valence-electron chi connectivity index (χ4n) is 2.39. The van der Waals surface area contributed by atoms with E-state index in [4.69, 9.17) is 0 Å². The van der Waals surface area contributed by atoms with E-state index in [0.29, 0.717) is 5.56 Å². The number of hydrogen-bond acceptors (Lipinski definition) is 6. The summed E-state index contributed by atoms with van der Waals surface area (Å²) in [6, 6.07) is 17.0. The van der Waals surface area contributed by atoms with Crippen molar-refractivity contribution in [1.29, 1.82) is 26.3 Å². The molecule has 0 amide bonds. The first-order chi connectivity index (χ1) is 12.7. The quantitative estimate of drug-likeness (QED) is 0.615. The zero-order valence-electron chi connectivity index (χ0n) is 13.1. The molecule has 1 heterocycles. The summed E-state index contributed by atoms with van der Waals surface area (Å²) < 4.78 is 0. The van der Waals surface area contributed by atoms with Crippen LogP contribution in [0.5, 0.6) is 0 Å². The third-order valence-electron chi connectivity index (χ3n) is 3.48. The van der Waals surface area contributed by atoms with Crippen molar-refractivity contribution in [3.8, 4) is 30.3 Å². The number of rotatable bonds is 1. The Balaban J connectivity index is 3.09. The van der Waals surface area contributed by atoms with Crippen LogP contribution in [-0.2, 0) is 0 Å². The van der Waals surface area contributed by atoms with Gasteiger partial charge in [-0.15, -0.1) is 0 Å². The topological polar surface area (TPSA) is 153 Å². The van der Waals surface area contributed by atoms with E-state index in [-0.39, 0.29) is 28.1 Å². The van der Waals surface area contributed by atoms with Gasteiger partial charge in [0.1, 0.15) is 30.3 Å². The van der Waals surface area contributed by atoms with Crippen LogP contribution < -0.4 is 5.32 Å². The van der Waals surface area contributed by atoms with Crippen LogP contribution in [0.2, 0.25) is 0 Å². The van der Waals surface area contributed by atoms with Crippen molar-refractivity contribution in [3.05, 3.63) is 75.0 Å². The molecule has 1 aromatic rings. The molecule has 1 aromatic carbocycles. The zero-order valence-corrected chi connectivity index (χ0v) is 13.1. The molecule has 0 fully saturated rings. The molecular formula is C19H6N7-. The fraction of sp³-hybridized carbons (Fsp3) is 0. The highest BCUT2D eigenvalue weighted by molar-refractivity contribution is 6.00. The van der Waals surface area contributed by atoms with Gasteiger partial charge in [-0.3, -0.25) is 5.87 Å². The van der Waals surface area contributed by atoms with E-state index < -0.39 is 11.1 Å². The highest BCUT2D eigenvalue weighted by Gasteiger charge is 2.30. The Morgan fingerprint density at radius 3 is 1.81 bits per heavy atom. The standard InChI is InChI=1S/C19H6N7/c20-6-13(7-21)18-15(10-24)17(12-4-2-1-3-5-12)16(11-25)19(26-18)14(8-22)9-23/h1-5,26H/q-1. The molecule has 0 aromatic heterocycles. The second-order valence-electron chi connectivity index (χ2n) is 4.79. The first kappa shape index (κ1) is 17.5. The Morgan fingerprint density at radius 2 is 1.35 bits per heavy atom. The number of nitrogens with zero attached hydrogens (tertiary/aromatic N) is 6. The van der Waals surface area contributed by atoms with Crippen LogP contribution in [0.15, 0.2) is 64.0 Å². The molecule has 0 saturated carbocycles. The van der Waals surface area contributed by atoms with Gasteiger partial charge in [0.15, 0.2) is 11.1 Å². The van der Waals surface area contributed by atoms with Gasteiger partial charge >= 0.3 is 0 Å². The highest BCUT2D eigenvalue weighted by Crippen LogP contribution is 2.37. The molecule has 0 aliphatic carbocycles. The molecular weight excluding hydrogens is 326 g/mol. The number of benzene rings is 1. The second kappa shape index (κ2) is 7.61. The van der Waals surface area contributed by atoms with Crippen LogP contribution in [-0.4, -0.2) is 5.87 Å². The lowest BCUT2D eigenvalue weighted by molar-refractivity contribution is 0.978. The maximum atomic E-state index is 9.62. The highest BCUT2D eigenvalue weighted by atomic mass is 14.9. The molecule has 1 aliphatic rings. The summed E-state index contributed by atoms with van der Waals surface area (Å²) in [5.74, 6) is 1.91. The summed E-state index contributed by atoms with van der Waals surface area (Å²) in [5.41, 5.74) is -0.663. The van der Waals surface area contributed by atoms with Crippen molar-refractivity contribution >= 4 is 11.4 Å². The van der Waals surface area contributed by atoms with Gasteiger partial charge in [-0.2, -0.15) is 26.3 Å². The van der Waals surface area contributed by atoms with E-state index in [1.54, 1.807) is 54.6 Å². The molecule has 0 spiro atoms. The molecule has 1 aliphatic heterocycles. The average molecular weight is 332 g/mol. The lowest BCUT2D eigenvalue weighted by atomic mass is 9.85. The summed E-state index contributed by atoms with van der Waals surface area (Å²) in [7, 11) is 0. The Hall–Kier alpha value is -4.86. The van der Waals surface area contributed by atoms with Gasteiger partial charge < -0.3 is 10.7 Å². The number of allylic oxidation sites excluding steroid dienone is 4. The van der Waals surface area contributed by atoms with Gasteiger partial charge in [0.05, 0.1) is 17.0 Å². The minimum Gasteiger partial charge on any atom is -0.763 e. The molecule has 0 unspecified atom stereocenters. The summed E-state index contributed by atoms with van der Waals surface area (Å²) in [6.07, 6.45) is 0. The Morgan fingerprint density at radius 1 is 0.808 bits per heavy atom. The van der Waals surface area contributed by atoms with E-state index in [0.717, 1.165) is 0 Å². The first-order valence-corrected chi connectivity index (χ1v) is 7.00. The third kappa shape index (κ3) is 2.83. The van der Waals surface area contributed by atoms with Crippen molar-refractivity contribution in [1.82, 2.24) is 5.32 Å². The molecule has 0 bridgehead atoms. The Labute approximate surface area is 149 Å². The largest absolute Gasteiger partial charge is 0.763 e. The molecule has 7 nitrogen and oxygen atoms in total. The van der Waals surface area contributed by atoms with Crippen LogP contribution in [0.4, 0.5) is 0 Å². The van der Waals surface area contributed by atoms with E-state index in [9.17, 15) is 31.7 Å². The maximum absolute atomic E-state index is 9.62. The van der Waals surface area contributed by atoms with Crippen LogP contribution in [0.3, 0.4) is 0 Å². The SMILES string of the molecule is N#CC(C#N)=C1NC(=C(C#N)C#N)C(C#N)=C(c2ccccc2)C1=C=[N-]. The van der Waals surface area contributed by atoms with Gasteiger partial charge in [-0.05, 0) is 5.56 Å². The smallest absolute Gasteiger partial charge is 0.154 e.